The minimum atomic E-state index is -1.18. The normalized spacial score (nSPS) is 14.7. The van der Waals surface area contributed by atoms with Gasteiger partial charge in [-0.25, -0.2) is 0 Å². The molecule has 0 saturated carbocycles. The zero-order valence-electron chi connectivity index (χ0n) is 20.3. The largest absolute Gasteiger partial charge is 0.480 e. The lowest BCUT2D eigenvalue weighted by Gasteiger charge is -2.26. The Morgan fingerprint density at radius 3 is 1.70 bits per heavy atom. The third-order valence-corrected chi connectivity index (χ3v) is 4.71. The molecule has 0 radical (unpaired) electrons. The lowest BCUT2D eigenvalue weighted by atomic mass is 9.99. The van der Waals surface area contributed by atoms with Crippen LogP contribution in [0.3, 0.4) is 0 Å². The van der Waals surface area contributed by atoms with Gasteiger partial charge < -0.3 is 38.3 Å². The van der Waals surface area contributed by atoms with Crippen molar-refractivity contribution in [2.45, 2.75) is 84.5 Å². The third-order valence-electron chi connectivity index (χ3n) is 4.71. The minimum Gasteiger partial charge on any atom is -0.480 e. The molecule has 0 aliphatic heterocycles. The molecular weight excluding hydrogens is 430 g/mol. The fourth-order valence-corrected chi connectivity index (χ4v) is 2.98. The summed E-state index contributed by atoms with van der Waals surface area (Å²) in [4.78, 5) is 53.0. The summed E-state index contributed by atoms with van der Waals surface area (Å²) in [5, 5.41) is 16.7. The Morgan fingerprint density at radius 1 is 0.818 bits per heavy atom. The van der Waals surface area contributed by atoms with E-state index < -0.39 is 47.9 Å². The fourth-order valence-electron chi connectivity index (χ4n) is 2.98. The standard InChI is InChI=1S/C21H41N7O5/c1-11(2)9-15(18(30)26-13(5)20(32)33)28-19(31)16(10-12(3)4)27-17(29)14(22)7-6-8-25-21(23)24/h11-16H,6-10,22H2,1-5H3,(H,26,30)(H,27,29)(H,28,31)(H,32,33)(H4,23,24,25). The number of hydrogen-bond donors (Lipinski definition) is 7. The highest BCUT2D eigenvalue weighted by Crippen LogP contribution is 2.10. The molecule has 33 heavy (non-hydrogen) atoms. The van der Waals surface area contributed by atoms with Crippen molar-refractivity contribution in [1.82, 2.24) is 16.0 Å². The van der Waals surface area contributed by atoms with Crippen LogP contribution in [0.1, 0.15) is 60.3 Å². The topological polar surface area (TPSA) is 215 Å². The van der Waals surface area contributed by atoms with Crippen molar-refractivity contribution >= 4 is 29.7 Å². The molecule has 0 rings (SSSR count). The summed E-state index contributed by atoms with van der Waals surface area (Å²) in [6, 6.07) is -3.81. The number of hydrogen-bond acceptors (Lipinski definition) is 6. The predicted molar refractivity (Wildman–Crippen MR) is 126 cm³/mol. The van der Waals surface area contributed by atoms with Crippen molar-refractivity contribution in [3.63, 3.8) is 0 Å². The fraction of sp³-hybridized carbons (Fsp3) is 0.762. The first kappa shape index (κ1) is 30.1. The van der Waals surface area contributed by atoms with Gasteiger partial charge in [0.25, 0.3) is 0 Å². The maximum absolute atomic E-state index is 13.0. The Bertz CT molecular complexity index is 692. The number of carboxylic acids is 1. The Kier molecular flexibility index (Phi) is 13.7. The van der Waals surface area contributed by atoms with Crippen LogP contribution < -0.4 is 33.2 Å². The molecule has 0 aromatic carbocycles. The first-order valence-corrected chi connectivity index (χ1v) is 11.2. The van der Waals surface area contributed by atoms with Gasteiger partial charge in [0, 0.05) is 6.54 Å². The maximum atomic E-state index is 13.0. The second kappa shape index (κ2) is 15.0. The molecule has 0 saturated heterocycles. The molecule has 3 amide bonds. The molecule has 0 aliphatic carbocycles. The number of guanidine groups is 1. The molecule has 0 bridgehead atoms. The summed E-state index contributed by atoms with van der Waals surface area (Å²) in [7, 11) is 0. The van der Waals surface area contributed by atoms with E-state index in [1.807, 2.05) is 27.7 Å². The van der Waals surface area contributed by atoms with Crippen molar-refractivity contribution in [3.05, 3.63) is 0 Å². The van der Waals surface area contributed by atoms with Crippen LogP contribution in [0.15, 0.2) is 4.99 Å². The number of aliphatic imine (C=N–C) groups is 1. The molecule has 0 spiro atoms. The second-order valence-corrected chi connectivity index (χ2v) is 9.01. The van der Waals surface area contributed by atoms with Crippen LogP contribution in [0.4, 0.5) is 0 Å². The molecule has 4 unspecified atom stereocenters. The first-order chi connectivity index (χ1) is 15.2. The van der Waals surface area contributed by atoms with Crippen LogP contribution in [0.2, 0.25) is 0 Å². The van der Waals surface area contributed by atoms with E-state index in [9.17, 15) is 19.2 Å². The zero-order chi connectivity index (χ0) is 25.7. The number of rotatable bonds is 15. The number of amides is 3. The van der Waals surface area contributed by atoms with E-state index in [4.69, 9.17) is 22.3 Å². The Hall–Kier alpha value is -2.89. The van der Waals surface area contributed by atoms with Gasteiger partial charge in [-0.2, -0.15) is 0 Å². The second-order valence-electron chi connectivity index (χ2n) is 9.01. The highest BCUT2D eigenvalue weighted by atomic mass is 16.4. The third kappa shape index (κ3) is 13.3. The Labute approximate surface area is 195 Å². The van der Waals surface area contributed by atoms with Gasteiger partial charge in [-0.05, 0) is 44.4 Å². The van der Waals surface area contributed by atoms with Gasteiger partial charge in [0.05, 0.1) is 6.04 Å². The molecule has 0 heterocycles. The van der Waals surface area contributed by atoms with Crippen LogP contribution in [-0.2, 0) is 19.2 Å². The van der Waals surface area contributed by atoms with Crippen LogP contribution in [-0.4, -0.2) is 65.5 Å². The minimum absolute atomic E-state index is 0.0422. The van der Waals surface area contributed by atoms with E-state index in [0.717, 1.165) is 0 Å². The number of nitrogens with two attached hydrogens (primary N) is 3. The molecule has 4 atom stereocenters. The average Bonchev–Trinajstić information content (AvgIpc) is 2.68. The van der Waals surface area contributed by atoms with E-state index in [2.05, 4.69) is 20.9 Å². The average molecular weight is 472 g/mol. The number of carbonyl (C=O) groups is 4. The van der Waals surface area contributed by atoms with Gasteiger partial charge in [-0.15, -0.1) is 0 Å². The Morgan fingerprint density at radius 2 is 1.27 bits per heavy atom. The van der Waals surface area contributed by atoms with Gasteiger partial charge in [0.2, 0.25) is 17.7 Å². The highest BCUT2D eigenvalue weighted by Gasteiger charge is 2.30. The van der Waals surface area contributed by atoms with Gasteiger partial charge in [-0.3, -0.25) is 24.2 Å². The zero-order valence-corrected chi connectivity index (χ0v) is 20.3. The SMILES string of the molecule is CC(C)CC(NC(=O)C(N)CCCN=C(N)N)C(=O)NC(CC(C)C)C(=O)NC(C)C(=O)O. The number of nitrogens with zero attached hydrogens (tertiary/aromatic N) is 1. The number of nitrogens with one attached hydrogen (secondary N) is 3. The van der Waals surface area contributed by atoms with Crippen molar-refractivity contribution in [2.24, 2.45) is 34.0 Å². The lowest BCUT2D eigenvalue weighted by molar-refractivity contribution is -0.142. The summed E-state index contributed by atoms with van der Waals surface area (Å²) >= 11 is 0. The molecule has 0 aromatic rings. The number of aliphatic carboxylic acids is 1. The molecule has 0 fully saturated rings. The van der Waals surface area contributed by atoms with E-state index >= 15 is 0 Å². The summed E-state index contributed by atoms with van der Waals surface area (Å²) in [5.74, 6) is -2.73. The summed E-state index contributed by atoms with van der Waals surface area (Å²) in [5.41, 5.74) is 16.5. The predicted octanol–water partition coefficient (Wildman–Crippen LogP) is -0.982. The van der Waals surface area contributed by atoms with Gasteiger partial charge in [-0.1, -0.05) is 27.7 Å². The maximum Gasteiger partial charge on any atom is 0.325 e. The number of carbonyl (C=O) groups excluding carboxylic acids is 3. The summed E-state index contributed by atoms with van der Waals surface area (Å²) < 4.78 is 0. The quantitative estimate of drug-likeness (QED) is 0.0892. The van der Waals surface area contributed by atoms with Crippen LogP contribution in [0, 0.1) is 11.8 Å². The molecule has 10 N–H and O–H groups in total. The smallest absolute Gasteiger partial charge is 0.325 e. The van der Waals surface area contributed by atoms with Crippen molar-refractivity contribution in [3.8, 4) is 0 Å². The van der Waals surface area contributed by atoms with Gasteiger partial charge in [0.1, 0.15) is 18.1 Å². The van der Waals surface area contributed by atoms with Crippen molar-refractivity contribution in [1.29, 1.82) is 0 Å². The lowest BCUT2D eigenvalue weighted by Crippen LogP contribution is -2.57. The molecule has 12 heteroatoms. The van der Waals surface area contributed by atoms with E-state index in [1.165, 1.54) is 6.92 Å². The molecule has 12 nitrogen and oxygen atoms in total. The van der Waals surface area contributed by atoms with Crippen molar-refractivity contribution < 1.29 is 24.3 Å². The Balaban J connectivity index is 5.24. The van der Waals surface area contributed by atoms with E-state index in [-0.39, 0.29) is 17.8 Å². The van der Waals surface area contributed by atoms with Crippen LogP contribution >= 0.6 is 0 Å². The van der Waals surface area contributed by atoms with E-state index in [0.29, 0.717) is 32.2 Å². The van der Waals surface area contributed by atoms with E-state index in [1.54, 1.807) is 0 Å². The summed E-state index contributed by atoms with van der Waals surface area (Å²) in [6.45, 7) is 9.22. The molecule has 0 aliphatic rings. The monoisotopic (exact) mass is 471 g/mol. The number of carboxylic acid groups (broad SMARTS) is 1. The molecular formula is C21H41N7O5. The highest BCUT2D eigenvalue weighted by molar-refractivity contribution is 5.94. The van der Waals surface area contributed by atoms with Crippen LogP contribution in [0.25, 0.3) is 0 Å². The van der Waals surface area contributed by atoms with Gasteiger partial charge in [0.15, 0.2) is 5.96 Å². The van der Waals surface area contributed by atoms with Crippen LogP contribution in [0.5, 0.6) is 0 Å². The van der Waals surface area contributed by atoms with Gasteiger partial charge >= 0.3 is 5.97 Å². The molecule has 190 valence electrons. The van der Waals surface area contributed by atoms with Crippen molar-refractivity contribution in [2.75, 3.05) is 6.54 Å². The molecule has 0 aromatic heterocycles. The first-order valence-electron chi connectivity index (χ1n) is 11.2. The summed E-state index contributed by atoms with van der Waals surface area (Å²) in [6.07, 6.45) is 1.45.